The van der Waals surface area contributed by atoms with Crippen molar-refractivity contribution in [2.75, 3.05) is 40.5 Å². The molecule has 0 fully saturated rings. The Kier molecular flexibility index (Phi) is 8.84. The van der Waals surface area contributed by atoms with E-state index in [-0.39, 0.29) is 5.92 Å². The molecule has 4 heteroatoms. The van der Waals surface area contributed by atoms with Gasteiger partial charge in [-0.1, -0.05) is 6.92 Å². The Morgan fingerprint density at radius 1 is 1.19 bits per heavy atom. The van der Waals surface area contributed by atoms with E-state index in [1.165, 1.54) is 0 Å². The summed E-state index contributed by atoms with van der Waals surface area (Å²) < 4.78 is 9.96. The summed E-state index contributed by atoms with van der Waals surface area (Å²) in [5, 5.41) is 13.5. The lowest BCUT2D eigenvalue weighted by Crippen LogP contribution is -2.37. The van der Waals surface area contributed by atoms with Crippen LogP contribution in [0.3, 0.4) is 0 Å². The first kappa shape index (κ1) is 15.8. The first-order valence-electron chi connectivity index (χ1n) is 5.95. The fourth-order valence-corrected chi connectivity index (χ4v) is 1.49. The molecule has 0 bridgehead atoms. The topological polar surface area (TPSA) is 50.7 Å². The van der Waals surface area contributed by atoms with Crippen molar-refractivity contribution in [1.29, 1.82) is 0 Å². The highest BCUT2D eigenvalue weighted by Gasteiger charge is 2.27. The fraction of sp³-hybridized carbons (Fsp3) is 1.00. The summed E-state index contributed by atoms with van der Waals surface area (Å²) in [6.45, 7) is 7.02. The maximum absolute atomic E-state index is 10.2. The molecular weight excluding hydrogens is 206 g/mol. The smallest absolute Gasteiger partial charge is 0.0658 e. The SMILES string of the molecule is COCCNCCC(C)(O)C(C)CCOC. The molecule has 2 unspecified atom stereocenters. The predicted molar refractivity (Wildman–Crippen MR) is 65.6 cm³/mol. The second-order valence-corrected chi connectivity index (χ2v) is 4.53. The van der Waals surface area contributed by atoms with Gasteiger partial charge in [0, 0.05) is 27.4 Å². The number of aliphatic hydroxyl groups is 1. The Morgan fingerprint density at radius 2 is 1.81 bits per heavy atom. The van der Waals surface area contributed by atoms with Crippen molar-refractivity contribution in [1.82, 2.24) is 5.32 Å². The van der Waals surface area contributed by atoms with Crippen LogP contribution in [0.1, 0.15) is 26.7 Å². The molecule has 0 spiro atoms. The van der Waals surface area contributed by atoms with Crippen LogP contribution in [0.4, 0.5) is 0 Å². The van der Waals surface area contributed by atoms with Gasteiger partial charge >= 0.3 is 0 Å². The minimum atomic E-state index is -0.626. The molecule has 0 aromatic rings. The zero-order valence-corrected chi connectivity index (χ0v) is 11.1. The maximum atomic E-state index is 10.2. The van der Waals surface area contributed by atoms with Gasteiger partial charge in [0.15, 0.2) is 0 Å². The Balaban J connectivity index is 3.67. The third kappa shape index (κ3) is 7.17. The van der Waals surface area contributed by atoms with Gasteiger partial charge in [0.25, 0.3) is 0 Å². The van der Waals surface area contributed by atoms with Crippen LogP contribution in [0.15, 0.2) is 0 Å². The molecule has 0 aromatic heterocycles. The van der Waals surface area contributed by atoms with Crippen molar-refractivity contribution in [3.63, 3.8) is 0 Å². The van der Waals surface area contributed by atoms with Crippen LogP contribution in [-0.2, 0) is 9.47 Å². The molecule has 0 saturated heterocycles. The van der Waals surface area contributed by atoms with Gasteiger partial charge in [0.1, 0.15) is 0 Å². The molecule has 16 heavy (non-hydrogen) atoms. The largest absolute Gasteiger partial charge is 0.390 e. The Hall–Kier alpha value is -0.160. The lowest BCUT2D eigenvalue weighted by Gasteiger charge is -2.30. The van der Waals surface area contributed by atoms with E-state index in [2.05, 4.69) is 12.2 Å². The Bertz CT molecular complexity index is 162. The van der Waals surface area contributed by atoms with Gasteiger partial charge in [-0.15, -0.1) is 0 Å². The third-order valence-electron chi connectivity index (χ3n) is 3.11. The van der Waals surface area contributed by atoms with E-state index >= 15 is 0 Å². The summed E-state index contributed by atoms with van der Waals surface area (Å²) in [5.41, 5.74) is -0.626. The van der Waals surface area contributed by atoms with E-state index in [0.29, 0.717) is 13.2 Å². The quantitative estimate of drug-likeness (QED) is 0.554. The summed E-state index contributed by atoms with van der Waals surface area (Å²) in [7, 11) is 3.37. The monoisotopic (exact) mass is 233 g/mol. The van der Waals surface area contributed by atoms with Crippen molar-refractivity contribution in [3.05, 3.63) is 0 Å². The van der Waals surface area contributed by atoms with E-state index in [9.17, 15) is 5.11 Å². The van der Waals surface area contributed by atoms with Gasteiger partial charge in [-0.2, -0.15) is 0 Å². The van der Waals surface area contributed by atoms with Crippen LogP contribution in [-0.4, -0.2) is 51.2 Å². The summed E-state index contributed by atoms with van der Waals surface area (Å²) in [6.07, 6.45) is 1.64. The minimum Gasteiger partial charge on any atom is -0.390 e. The number of hydrogen-bond acceptors (Lipinski definition) is 4. The number of methoxy groups -OCH3 is 2. The van der Waals surface area contributed by atoms with E-state index in [0.717, 1.165) is 25.9 Å². The van der Waals surface area contributed by atoms with Gasteiger partial charge in [0.2, 0.25) is 0 Å². The van der Waals surface area contributed by atoms with Crippen LogP contribution in [0.25, 0.3) is 0 Å². The third-order valence-corrected chi connectivity index (χ3v) is 3.11. The standard InChI is InChI=1S/C12H27NO3/c1-11(5-9-15-3)12(2,14)6-7-13-8-10-16-4/h11,13-14H,5-10H2,1-4H3. The number of ether oxygens (including phenoxy) is 2. The van der Waals surface area contributed by atoms with Crippen LogP contribution < -0.4 is 5.32 Å². The molecule has 0 rings (SSSR count). The molecule has 4 nitrogen and oxygen atoms in total. The van der Waals surface area contributed by atoms with Crippen LogP contribution in [0.5, 0.6) is 0 Å². The molecule has 0 aromatic carbocycles. The second-order valence-electron chi connectivity index (χ2n) is 4.53. The zero-order chi connectivity index (χ0) is 12.4. The molecule has 0 aliphatic heterocycles. The highest BCUT2D eigenvalue weighted by molar-refractivity contribution is 4.79. The molecule has 98 valence electrons. The summed E-state index contributed by atoms with van der Waals surface area (Å²) in [5.74, 6) is 0.247. The molecule has 0 heterocycles. The highest BCUT2D eigenvalue weighted by atomic mass is 16.5. The van der Waals surface area contributed by atoms with E-state index in [1.807, 2.05) is 6.92 Å². The van der Waals surface area contributed by atoms with Gasteiger partial charge in [0.05, 0.1) is 12.2 Å². The molecule has 0 aliphatic carbocycles. The molecule has 0 radical (unpaired) electrons. The van der Waals surface area contributed by atoms with Crippen LogP contribution >= 0.6 is 0 Å². The molecule has 2 N–H and O–H groups in total. The Morgan fingerprint density at radius 3 is 2.38 bits per heavy atom. The van der Waals surface area contributed by atoms with Crippen molar-refractivity contribution in [2.24, 2.45) is 5.92 Å². The van der Waals surface area contributed by atoms with Crippen LogP contribution in [0, 0.1) is 5.92 Å². The van der Waals surface area contributed by atoms with E-state index in [4.69, 9.17) is 9.47 Å². The molecular formula is C12H27NO3. The number of rotatable bonds is 10. The summed E-state index contributed by atoms with van der Waals surface area (Å²) in [4.78, 5) is 0. The molecule has 0 saturated carbocycles. The predicted octanol–water partition coefficient (Wildman–Crippen LogP) is 1.04. The Labute approximate surface area is 99.3 Å². The summed E-state index contributed by atoms with van der Waals surface area (Å²) >= 11 is 0. The normalized spacial score (nSPS) is 17.1. The maximum Gasteiger partial charge on any atom is 0.0658 e. The number of hydrogen-bond donors (Lipinski definition) is 2. The average Bonchev–Trinajstić information content (AvgIpc) is 2.25. The van der Waals surface area contributed by atoms with Gasteiger partial charge in [-0.3, -0.25) is 0 Å². The summed E-state index contributed by atoms with van der Waals surface area (Å²) in [6, 6.07) is 0. The fourth-order valence-electron chi connectivity index (χ4n) is 1.49. The van der Waals surface area contributed by atoms with Crippen molar-refractivity contribution >= 4 is 0 Å². The first-order chi connectivity index (χ1) is 7.54. The zero-order valence-electron chi connectivity index (χ0n) is 11.1. The number of nitrogens with one attached hydrogen (secondary N) is 1. The lowest BCUT2D eigenvalue weighted by atomic mass is 9.85. The van der Waals surface area contributed by atoms with E-state index in [1.54, 1.807) is 14.2 Å². The lowest BCUT2D eigenvalue weighted by molar-refractivity contribution is -0.0128. The van der Waals surface area contributed by atoms with Crippen molar-refractivity contribution < 1.29 is 14.6 Å². The average molecular weight is 233 g/mol. The van der Waals surface area contributed by atoms with Gasteiger partial charge in [-0.05, 0) is 32.2 Å². The van der Waals surface area contributed by atoms with Gasteiger partial charge < -0.3 is 19.9 Å². The molecule has 0 aliphatic rings. The van der Waals surface area contributed by atoms with Crippen LogP contribution in [0.2, 0.25) is 0 Å². The first-order valence-corrected chi connectivity index (χ1v) is 5.95. The van der Waals surface area contributed by atoms with Gasteiger partial charge in [-0.25, -0.2) is 0 Å². The molecule has 0 amide bonds. The highest BCUT2D eigenvalue weighted by Crippen LogP contribution is 2.23. The van der Waals surface area contributed by atoms with Crippen molar-refractivity contribution in [2.45, 2.75) is 32.3 Å². The van der Waals surface area contributed by atoms with Crippen molar-refractivity contribution in [3.8, 4) is 0 Å². The molecule has 2 atom stereocenters. The van der Waals surface area contributed by atoms with E-state index < -0.39 is 5.60 Å². The minimum absolute atomic E-state index is 0.247. The second kappa shape index (κ2) is 8.93.